The summed E-state index contributed by atoms with van der Waals surface area (Å²) in [5, 5.41) is 12.1. The van der Waals surface area contributed by atoms with Gasteiger partial charge in [-0.3, -0.25) is 9.59 Å². The van der Waals surface area contributed by atoms with E-state index in [4.69, 9.17) is 4.42 Å². The van der Waals surface area contributed by atoms with Crippen LogP contribution in [0.3, 0.4) is 0 Å². The Morgan fingerprint density at radius 1 is 1.41 bits per heavy atom. The molecule has 1 amide bonds. The molecule has 1 unspecified atom stereocenters. The smallest absolute Gasteiger partial charge is 0.240 e. The maximum absolute atomic E-state index is 12.0. The summed E-state index contributed by atoms with van der Waals surface area (Å²) < 4.78 is 5.08. The van der Waals surface area contributed by atoms with Crippen molar-refractivity contribution in [3.63, 3.8) is 0 Å². The van der Waals surface area contributed by atoms with Crippen LogP contribution >= 0.6 is 23.1 Å². The number of ketones is 1. The van der Waals surface area contributed by atoms with E-state index in [-0.39, 0.29) is 18.1 Å². The quantitative estimate of drug-likeness (QED) is 0.518. The second-order valence-electron chi connectivity index (χ2n) is 4.37. The van der Waals surface area contributed by atoms with Crippen LogP contribution in [0.2, 0.25) is 0 Å². The fraction of sp³-hybridized carbons (Fsp3) is 0.143. The number of amides is 1. The van der Waals surface area contributed by atoms with Gasteiger partial charge in [-0.15, -0.1) is 16.4 Å². The highest BCUT2D eigenvalue weighted by Gasteiger charge is 2.32. The maximum atomic E-state index is 12.0. The van der Waals surface area contributed by atoms with E-state index >= 15 is 0 Å². The Labute approximate surface area is 134 Å². The third-order valence-corrected chi connectivity index (χ3v) is 4.80. The first-order valence-electron chi connectivity index (χ1n) is 6.41. The molecule has 3 heterocycles. The molecule has 1 saturated heterocycles. The predicted octanol–water partition coefficient (Wildman–Crippen LogP) is 2.54. The first-order chi connectivity index (χ1) is 10.7. The number of furan rings is 1. The third kappa shape index (κ3) is 3.52. The van der Waals surface area contributed by atoms with Gasteiger partial charge in [-0.1, -0.05) is 17.8 Å². The van der Waals surface area contributed by atoms with Crippen molar-refractivity contribution in [3.8, 4) is 0 Å². The zero-order chi connectivity index (χ0) is 15.4. The Morgan fingerprint density at radius 2 is 2.32 bits per heavy atom. The first-order valence-corrected chi connectivity index (χ1v) is 8.17. The standard InChI is InChI=1S/C14H11N3O3S2/c18-10(11-4-2-6-21-11)7-12-13(19)16-14(22-12)17-15-8-9-3-1-5-20-9/h1-6,8,12H,7H2,(H,16,17,19)/b15-8+. The fourth-order valence-corrected chi connectivity index (χ4v) is 3.40. The Kier molecular flexibility index (Phi) is 4.50. The molecule has 1 N–H and O–H groups in total. The minimum Gasteiger partial charge on any atom is -0.463 e. The van der Waals surface area contributed by atoms with Crippen LogP contribution in [-0.2, 0) is 4.79 Å². The van der Waals surface area contributed by atoms with E-state index in [9.17, 15) is 9.59 Å². The maximum Gasteiger partial charge on any atom is 0.240 e. The van der Waals surface area contributed by atoms with E-state index in [1.54, 1.807) is 18.2 Å². The van der Waals surface area contributed by atoms with Crippen LogP contribution in [0, 0.1) is 0 Å². The third-order valence-electron chi connectivity index (χ3n) is 2.82. The zero-order valence-corrected chi connectivity index (χ0v) is 12.9. The normalized spacial score (nSPS) is 19.9. The molecule has 6 nitrogen and oxygen atoms in total. The number of nitrogens with zero attached hydrogens (tertiary/aromatic N) is 2. The van der Waals surface area contributed by atoms with Crippen LogP contribution in [0.1, 0.15) is 21.9 Å². The highest BCUT2D eigenvalue weighted by atomic mass is 32.2. The summed E-state index contributed by atoms with van der Waals surface area (Å²) >= 11 is 2.58. The minimum absolute atomic E-state index is 0.0389. The van der Waals surface area contributed by atoms with E-state index in [1.165, 1.54) is 35.6 Å². The number of carbonyl (C=O) groups is 2. The number of Topliss-reactive ketones (excluding diaryl/α,β-unsaturated/α-hetero) is 1. The highest BCUT2D eigenvalue weighted by molar-refractivity contribution is 8.15. The summed E-state index contributed by atoms with van der Waals surface area (Å²) in [6, 6.07) is 7.06. The van der Waals surface area contributed by atoms with Gasteiger partial charge in [0, 0.05) is 6.42 Å². The predicted molar refractivity (Wildman–Crippen MR) is 86.5 cm³/mol. The topological polar surface area (TPSA) is 84.0 Å². The number of carbonyl (C=O) groups excluding carboxylic acids is 2. The molecule has 1 aliphatic rings. The van der Waals surface area contributed by atoms with Crippen LogP contribution in [0.25, 0.3) is 0 Å². The summed E-state index contributed by atoms with van der Waals surface area (Å²) in [6.45, 7) is 0. The Morgan fingerprint density at radius 3 is 3.05 bits per heavy atom. The molecule has 0 aromatic carbocycles. The number of thioether (sulfide) groups is 1. The summed E-state index contributed by atoms with van der Waals surface area (Å²) in [7, 11) is 0. The molecule has 0 aliphatic carbocycles. The van der Waals surface area contributed by atoms with Crippen molar-refractivity contribution in [2.45, 2.75) is 11.7 Å². The van der Waals surface area contributed by atoms with Gasteiger partial charge in [-0.25, -0.2) is 0 Å². The van der Waals surface area contributed by atoms with E-state index in [0.717, 1.165) is 0 Å². The van der Waals surface area contributed by atoms with Crippen molar-refractivity contribution < 1.29 is 14.0 Å². The van der Waals surface area contributed by atoms with Crippen molar-refractivity contribution in [1.29, 1.82) is 0 Å². The molecule has 0 saturated carbocycles. The molecule has 112 valence electrons. The first kappa shape index (κ1) is 14.7. The van der Waals surface area contributed by atoms with Gasteiger partial charge < -0.3 is 9.73 Å². The SMILES string of the molecule is O=C(CC1S/C(=N/N=C/c2ccco2)NC1=O)c1cccs1. The number of thiophene rings is 1. The van der Waals surface area contributed by atoms with E-state index in [0.29, 0.717) is 15.8 Å². The lowest BCUT2D eigenvalue weighted by molar-refractivity contribution is -0.118. The lowest BCUT2D eigenvalue weighted by Crippen LogP contribution is -2.26. The molecule has 3 rings (SSSR count). The van der Waals surface area contributed by atoms with Crippen molar-refractivity contribution in [3.05, 3.63) is 46.5 Å². The largest absolute Gasteiger partial charge is 0.463 e. The molecule has 1 aliphatic heterocycles. The van der Waals surface area contributed by atoms with Gasteiger partial charge in [-0.2, -0.15) is 5.10 Å². The Hall–Kier alpha value is -2.19. The number of hydrogen-bond donors (Lipinski definition) is 1. The molecular formula is C14H11N3O3S2. The van der Waals surface area contributed by atoms with Gasteiger partial charge in [0.05, 0.1) is 22.6 Å². The van der Waals surface area contributed by atoms with Crippen molar-refractivity contribution in [2.24, 2.45) is 10.2 Å². The van der Waals surface area contributed by atoms with Crippen molar-refractivity contribution >= 4 is 46.2 Å². The van der Waals surface area contributed by atoms with Crippen molar-refractivity contribution in [2.75, 3.05) is 0 Å². The number of hydrogen-bond acceptors (Lipinski definition) is 7. The summed E-state index contributed by atoms with van der Waals surface area (Å²) in [5.74, 6) is 0.313. The molecule has 1 atom stereocenters. The van der Waals surface area contributed by atoms with Crippen LogP contribution in [-0.4, -0.2) is 28.3 Å². The second kappa shape index (κ2) is 6.71. The van der Waals surface area contributed by atoms with Gasteiger partial charge >= 0.3 is 0 Å². The van der Waals surface area contributed by atoms with Gasteiger partial charge in [0.25, 0.3) is 0 Å². The van der Waals surface area contributed by atoms with Crippen LogP contribution < -0.4 is 5.32 Å². The van der Waals surface area contributed by atoms with Crippen LogP contribution in [0.5, 0.6) is 0 Å². The highest BCUT2D eigenvalue weighted by Crippen LogP contribution is 2.25. The summed E-state index contributed by atoms with van der Waals surface area (Å²) in [4.78, 5) is 24.5. The fourth-order valence-electron chi connectivity index (χ4n) is 1.80. The van der Waals surface area contributed by atoms with E-state index in [1.807, 2.05) is 11.4 Å². The average Bonchev–Trinajstić information content (AvgIpc) is 3.22. The lowest BCUT2D eigenvalue weighted by Gasteiger charge is -2.02. The van der Waals surface area contributed by atoms with Crippen LogP contribution in [0.15, 0.2) is 50.5 Å². The molecule has 22 heavy (non-hydrogen) atoms. The summed E-state index contributed by atoms with van der Waals surface area (Å²) in [5.41, 5.74) is 0. The number of nitrogens with one attached hydrogen (secondary N) is 1. The molecule has 0 bridgehead atoms. The van der Waals surface area contributed by atoms with Crippen molar-refractivity contribution in [1.82, 2.24) is 5.32 Å². The zero-order valence-electron chi connectivity index (χ0n) is 11.3. The molecule has 8 heteroatoms. The number of amidine groups is 1. The molecule has 2 aromatic heterocycles. The number of rotatable bonds is 5. The van der Waals surface area contributed by atoms with Crippen LogP contribution in [0.4, 0.5) is 0 Å². The minimum atomic E-state index is -0.466. The Bertz CT molecular complexity index is 721. The Balaban J connectivity index is 1.59. The average molecular weight is 333 g/mol. The molecule has 0 radical (unpaired) electrons. The molecular weight excluding hydrogens is 322 g/mol. The van der Waals surface area contributed by atoms with E-state index < -0.39 is 5.25 Å². The lowest BCUT2D eigenvalue weighted by atomic mass is 10.2. The molecule has 1 fully saturated rings. The monoisotopic (exact) mass is 333 g/mol. The molecule has 2 aromatic rings. The van der Waals surface area contributed by atoms with Gasteiger partial charge in [0.1, 0.15) is 5.76 Å². The molecule has 0 spiro atoms. The van der Waals surface area contributed by atoms with Gasteiger partial charge in [0.2, 0.25) is 5.91 Å². The van der Waals surface area contributed by atoms with Gasteiger partial charge in [0.15, 0.2) is 11.0 Å². The van der Waals surface area contributed by atoms with E-state index in [2.05, 4.69) is 15.5 Å². The van der Waals surface area contributed by atoms with Gasteiger partial charge in [-0.05, 0) is 23.6 Å². The summed E-state index contributed by atoms with van der Waals surface area (Å²) in [6.07, 6.45) is 3.13. The second-order valence-corrected chi connectivity index (χ2v) is 6.50.